The second kappa shape index (κ2) is 9.93. The van der Waals surface area contributed by atoms with E-state index >= 15 is 0 Å². The highest BCUT2D eigenvalue weighted by Gasteiger charge is 2.30. The summed E-state index contributed by atoms with van der Waals surface area (Å²) >= 11 is 0. The van der Waals surface area contributed by atoms with Crippen LogP contribution in [0.4, 0.5) is 5.69 Å². The number of amides is 2. The fraction of sp³-hybridized carbons (Fsp3) is 0.478. The normalized spacial score (nSPS) is 19.6. The summed E-state index contributed by atoms with van der Waals surface area (Å²) in [5, 5.41) is 18.2. The average molecular weight is 456 g/mol. The molecular weight excluding hydrogens is 426 g/mol. The van der Waals surface area contributed by atoms with Gasteiger partial charge in [-0.05, 0) is 57.2 Å². The number of likely N-dealkylation sites (tertiary alicyclic amines) is 2. The standard InChI is InChI=1S/C23H29N5O5/c1-16-12-17-7-8-18(13-20(17)33-16)24-21(14-28(31)32)25-19-6-2-3-11-27(23(19)30)15-22(29)26-9-4-5-10-26/h7-8,12-14,19,24-25H,2-6,9-11,15H2,1H3. The Morgan fingerprint density at radius 1 is 1.21 bits per heavy atom. The lowest BCUT2D eigenvalue weighted by atomic mass is 10.1. The van der Waals surface area contributed by atoms with Gasteiger partial charge in [0.1, 0.15) is 17.4 Å². The number of anilines is 1. The number of furan rings is 1. The van der Waals surface area contributed by atoms with Crippen LogP contribution in [0.2, 0.25) is 0 Å². The molecular formula is C23H29N5O5. The number of aryl methyl sites for hydroxylation is 1. The lowest BCUT2D eigenvalue weighted by Gasteiger charge is -2.27. The van der Waals surface area contributed by atoms with Crippen molar-refractivity contribution in [3.05, 3.63) is 52.2 Å². The van der Waals surface area contributed by atoms with Gasteiger partial charge in [-0.25, -0.2) is 0 Å². The van der Waals surface area contributed by atoms with Crippen LogP contribution in [0, 0.1) is 17.0 Å². The van der Waals surface area contributed by atoms with Gasteiger partial charge in [-0.1, -0.05) is 0 Å². The van der Waals surface area contributed by atoms with Gasteiger partial charge in [-0.3, -0.25) is 19.7 Å². The lowest BCUT2D eigenvalue weighted by Crippen LogP contribution is -2.49. The van der Waals surface area contributed by atoms with E-state index < -0.39 is 11.0 Å². The molecule has 4 rings (SSSR count). The number of hydrogen-bond acceptors (Lipinski definition) is 7. The number of carbonyl (C=O) groups is 2. The van der Waals surface area contributed by atoms with E-state index in [4.69, 9.17) is 4.42 Å². The minimum Gasteiger partial charge on any atom is -0.461 e. The number of fused-ring (bicyclic) bond motifs is 1. The van der Waals surface area contributed by atoms with Crippen LogP contribution in [-0.2, 0) is 9.59 Å². The van der Waals surface area contributed by atoms with Gasteiger partial charge in [0, 0.05) is 36.8 Å². The number of nitro groups is 1. The molecule has 10 nitrogen and oxygen atoms in total. The fourth-order valence-corrected chi connectivity index (χ4v) is 4.42. The van der Waals surface area contributed by atoms with Crippen LogP contribution in [0.15, 0.2) is 40.7 Å². The molecule has 2 aliphatic heterocycles. The maximum Gasteiger partial charge on any atom is 0.274 e. The Bertz CT molecular complexity index is 1070. The highest BCUT2D eigenvalue weighted by molar-refractivity contribution is 5.88. The first-order chi connectivity index (χ1) is 15.9. The van der Waals surface area contributed by atoms with E-state index in [9.17, 15) is 19.7 Å². The zero-order chi connectivity index (χ0) is 23.4. The molecule has 176 valence electrons. The molecule has 1 atom stereocenters. The van der Waals surface area contributed by atoms with Crippen LogP contribution in [0.3, 0.4) is 0 Å². The maximum atomic E-state index is 13.2. The molecule has 2 amide bonds. The van der Waals surface area contributed by atoms with Crippen molar-refractivity contribution in [2.45, 2.75) is 45.1 Å². The molecule has 0 bridgehead atoms. The predicted molar refractivity (Wildman–Crippen MR) is 123 cm³/mol. The van der Waals surface area contributed by atoms with E-state index in [0.29, 0.717) is 24.2 Å². The molecule has 1 aromatic heterocycles. The Labute approximate surface area is 191 Å². The Kier molecular flexibility index (Phi) is 6.81. The van der Waals surface area contributed by atoms with E-state index in [1.807, 2.05) is 19.1 Å². The van der Waals surface area contributed by atoms with Gasteiger partial charge in [0.15, 0.2) is 5.82 Å². The summed E-state index contributed by atoms with van der Waals surface area (Å²) in [6, 6.07) is 6.66. The number of nitrogens with one attached hydrogen (secondary N) is 2. The first-order valence-corrected chi connectivity index (χ1v) is 11.3. The molecule has 2 aromatic rings. The zero-order valence-electron chi connectivity index (χ0n) is 18.7. The molecule has 0 spiro atoms. The Balaban J connectivity index is 1.47. The third-order valence-electron chi connectivity index (χ3n) is 6.05. The average Bonchev–Trinajstić information content (AvgIpc) is 3.39. The topological polar surface area (TPSA) is 121 Å². The summed E-state index contributed by atoms with van der Waals surface area (Å²) in [4.78, 5) is 39.8. The molecule has 3 heterocycles. The smallest absolute Gasteiger partial charge is 0.274 e. The van der Waals surface area contributed by atoms with Gasteiger partial charge in [0.05, 0.1) is 11.5 Å². The zero-order valence-corrected chi connectivity index (χ0v) is 18.7. The van der Waals surface area contributed by atoms with Crippen molar-refractivity contribution < 1.29 is 18.9 Å². The summed E-state index contributed by atoms with van der Waals surface area (Å²) in [6.45, 7) is 3.88. The summed E-state index contributed by atoms with van der Waals surface area (Å²) in [5.74, 6) is 0.624. The maximum absolute atomic E-state index is 13.2. The van der Waals surface area contributed by atoms with Crippen LogP contribution in [0.25, 0.3) is 11.0 Å². The van der Waals surface area contributed by atoms with Crippen LogP contribution in [-0.4, -0.2) is 58.8 Å². The molecule has 0 aliphatic carbocycles. The van der Waals surface area contributed by atoms with Gasteiger partial charge >= 0.3 is 0 Å². The van der Waals surface area contributed by atoms with Crippen molar-refractivity contribution in [1.82, 2.24) is 15.1 Å². The number of benzene rings is 1. The van der Waals surface area contributed by atoms with E-state index in [-0.39, 0.29) is 24.2 Å². The first-order valence-electron chi connectivity index (χ1n) is 11.3. The summed E-state index contributed by atoms with van der Waals surface area (Å²) in [7, 11) is 0. The minimum absolute atomic E-state index is 0.0391. The van der Waals surface area contributed by atoms with Gasteiger partial charge in [-0.15, -0.1) is 0 Å². The molecule has 2 aliphatic rings. The fourth-order valence-electron chi connectivity index (χ4n) is 4.42. The van der Waals surface area contributed by atoms with Crippen LogP contribution in [0.5, 0.6) is 0 Å². The molecule has 1 unspecified atom stereocenters. The van der Waals surface area contributed by atoms with Crippen molar-refractivity contribution in [3.63, 3.8) is 0 Å². The van der Waals surface area contributed by atoms with Gasteiger partial charge in [0.25, 0.3) is 6.20 Å². The second-order valence-corrected chi connectivity index (χ2v) is 8.60. The number of rotatable bonds is 7. The van der Waals surface area contributed by atoms with Crippen LogP contribution in [0.1, 0.15) is 37.9 Å². The third kappa shape index (κ3) is 5.63. The first kappa shape index (κ1) is 22.6. The van der Waals surface area contributed by atoms with Crippen molar-refractivity contribution in [2.24, 2.45) is 0 Å². The van der Waals surface area contributed by atoms with E-state index in [2.05, 4.69) is 10.6 Å². The van der Waals surface area contributed by atoms with Crippen LogP contribution >= 0.6 is 0 Å². The quantitative estimate of drug-likeness (QED) is 0.486. The van der Waals surface area contributed by atoms with Crippen molar-refractivity contribution in [1.29, 1.82) is 0 Å². The predicted octanol–water partition coefficient (Wildman–Crippen LogP) is 2.82. The van der Waals surface area contributed by atoms with Crippen molar-refractivity contribution in [3.8, 4) is 0 Å². The van der Waals surface area contributed by atoms with Gasteiger partial charge in [0.2, 0.25) is 11.8 Å². The molecule has 1 aromatic carbocycles. The molecule has 2 saturated heterocycles. The Morgan fingerprint density at radius 2 is 1.97 bits per heavy atom. The van der Waals surface area contributed by atoms with Crippen molar-refractivity contribution >= 4 is 28.5 Å². The summed E-state index contributed by atoms with van der Waals surface area (Å²) in [6.07, 6.45) is 4.90. The van der Waals surface area contributed by atoms with E-state index in [1.54, 1.807) is 21.9 Å². The molecule has 33 heavy (non-hydrogen) atoms. The lowest BCUT2D eigenvalue weighted by molar-refractivity contribution is -0.403. The molecule has 10 heteroatoms. The third-order valence-corrected chi connectivity index (χ3v) is 6.05. The number of nitrogens with zero attached hydrogens (tertiary/aromatic N) is 3. The second-order valence-electron chi connectivity index (χ2n) is 8.60. The summed E-state index contributed by atoms with van der Waals surface area (Å²) < 4.78 is 5.64. The largest absolute Gasteiger partial charge is 0.461 e. The van der Waals surface area contributed by atoms with E-state index in [1.165, 1.54) is 0 Å². The van der Waals surface area contributed by atoms with Crippen LogP contribution < -0.4 is 10.6 Å². The van der Waals surface area contributed by atoms with Crippen molar-refractivity contribution in [2.75, 3.05) is 31.5 Å². The SMILES string of the molecule is Cc1cc2ccc(NC(=C[N+](=O)[O-])NC3CCCCN(CC(=O)N4CCCC4)C3=O)cc2o1. The molecule has 0 saturated carbocycles. The Hall–Kier alpha value is -3.56. The monoisotopic (exact) mass is 455 g/mol. The Morgan fingerprint density at radius 3 is 2.73 bits per heavy atom. The van der Waals surface area contributed by atoms with E-state index in [0.717, 1.165) is 56.1 Å². The molecule has 0 radical (unpaired) electrons. The highest BCUT2D eigenvalue weighted by atomic mass is 16.6. The highest BCUT2D eigenvalue weighted by Crippen LogP contribution is 2.23. The van der Waals surface area contributed by atoms with Gasteiger partial charge < -0.3 is 24.9 Å². The summed E-state index contributed by atoms with van der Waals surface area (Å²) in [5.41, 5.74) is 1.26. The number of carbonyl (C=O) groups excluding carboxylic acids is 2. The number of hydrogen-bond donors (Lipinski definition) is 2. The minimum atomic E-state index is -0.660. The molecule has 2 fully saturated rings. The van der Waals surface area contributed by atoms with Gasteiger partial charge in [-0.2, -0.15) is 0 Å². The molecule has 2 N–H and O–H groups in total.